The van der Waals surface area contributed by atoms with E-state index in [1.165, 1.54) is 0 Å². The van der Waals surface area contributed by atoms with E-state index in [0.29, 0.717) is 6.92 Å². The highest BCUT2D eigenvalue weighted by atomic mass is 19.4. The Morgan fingerprint density at radius 3 is 1.82 bits per heavy atom. The minimum absolute atomic E-state index is 0.467. The zero-order chi connectivity index (χ0) is 17.8. The second kappa shape index (κ2) is 7.66. The number of halogens is 10. The Morgan fingerprint density at radius 1 is 0.955 bits per heavy atom. The molecule has 0 radical (unpaired) electrons. The van der Waals surface area contributed by atoms with Gasteiger partial charge in [0.1, 0.15) is 24.9 Å². The molecule has 0 aliphatic heterocycles. The standard InChI is InChI=1S/C10H12F10O2/c1-5(12)7(3-11)9(16,17)22-8(14,15)2-6(13)4-21-10(18,19)20/h5-7H,2-4H2,1H3. The van der Waals surface area contributed by atoms with Gasteiger partial charge >= 0.3 is 18.6 Å². The number of ether oxygens (including phenoxy) is 2. The quantitative estimate of drug-likeness (QED) is 0.572. The molecule has 0 N–H and O–H groups in total. The first kappa shape index (κ1) is 21.2. The molecule has 0 aliphatic carbocycles. The first-order valence-corrected chi connectivity index (χ1v) is 5.71. The average Bonchev–Trinajstić information content (AvgIpc) is 2.22. The molecule has 0 aromatic rings. The zero-order valence-corrected chi connectivity index (χ0v) is 10.9. The minimum Gasteiger partial charge on any atom is -0.289 e. The van der Waals surface area contributed by atoms with Crippen LogP contribution in [0.15, 0.2) is 0 Å². The van der Waals surface area contributed by atoms with E-state index in [0.717, 1.165) is 0 Å². The van der Waals surface area contributed by atoms with Crippen LogP contribution >= 0.6 is 0 Å². The minimum atomic E-state index is -5.30. The molecule has 0 aliphatic rings. The maximum Gasteiger partial charge on any atom is 0.522 e. The van der Waals surface area contributed by atoms with Crippen LogP contribution in [0.1, 0.15) is 13.3 Å². The van der Waals surface area contributed by atoms with Gasteiger partial charge in [0.15, 0.2) is 0 Å². The third-order valence-electron chi connectivity index (χ3n) is 2.32. The molecule has 0 amide bonds. The molecule has 0 rings (SSSR count). The second-order valence-corrected chi connectivity index (χ2v) is 4.30. The predicted molar refractivity (Wildman–Crippen MR) is 52.5 cm³/mol. The first-order valence-electron chi connectivity index (χ1n) is 5.71. The number of hydrogen-bond acceptors (Lipinski definition) is 2. The summed E-state index contributed by atoms with van der Waals surface area (Å²) < 4.78 is 131. The SMILES string of the molecule is CC(F)C(CF)C(F)(F)OC(F)(F)CC(F)COC(F)(F)F. The lowest BCUT2D eigenvalue weighted by atomic mass is 10.1. The summed E-state index contributed by atoms with van der Waals surface area (Å²) >= 11 is 0. The van der Waals surface area contributed by atoms with Gasteiger partial charge in [0.25, 0.3) is 0 Å². The fraction of sp³-hybridized carbons (Fsp3) is 1.00. The molecule has 12 heteroatoms. The highest BCUT2D eigenvalue weighted by molar-refractivity contribution is 4.76. The van der Waals surface area contributed by atoms with Gasteiger partial charge in [-0.25, -0.2) is 8.78 Å². The van der Waals surface area contributed by atoms with E-state index in [-0.39, 0.29) is 0 Å². The molecule has 0 bridgehead atoms. The van der Waals surface area contributed by atoms with Crippen LogP contribution in [0.2, 0.25) is 0 Å². The molecule has 22 heavy (non-hydrogen) atoms. The molecule has 3 unspecified atom stereocenters. The number of hydrogen-bond donors (Lipinski definition) is 0. The van der Waals surface area contributed by atoms with E-state index in [1.54, 1.807) is 0 Å². The molecule has 3 atom stereocenters. The van der Waals surface area contributed by atoms with Gasteiger partial charge < -0.3 is 0 Å². The Morgan fingerprint density at radius 2 is 1.45 bits per heavy atom. The van der Waals surface area contributed by atoms with Crippen molar-refractivity contribution in [2.24, 2.45) is 5.92 Å². The highest BCUT2D eigenvalue weighted by Gasteiger charge is 2.52. The lowest BCUT2D eigenvalue weighted by Gasteiger charge is -2.29. The van der Waals surface area contributed by atoms with Crippen LogP contribution in [0.4, 0.5) is 43.9 Å². The Balaban J connectivity index is 4.67. The largest absolute Gasteiger partial charge is 0.522 e. The molecule has 0 spiro atoms. The Kier molecular flexibility index (Phi) is 7.39. The second-order valence-electron chi connectivity index (χ2n) is 4.30. The third kappa shape index (κ3) is 8.01. The van der Waals surface area contributed by atoms with Crippen molar-refractivity contribution in [2.75, 3.05) is 13.3 Å². The first-order chi connectivity index (χ1) is 9.70. The Labute approximate surface area is 118 Å². The molecular formula is C10H12F10O2. The zero-order valence-electron chi connectivity index (χ0n) is 10.9. The molecule has 0 aromatic heterocycles. The third-order valence-corrected chi connectivity index (χ3v) is 2.32. The smallest absolute Gasteiger partial charge is 0.289 e. The summed E-state index contributed by atoms with van der Waals surface area (Å²) in [7, 11) is 0. The van der Waals surface area contributed by atoms with Gasteiger partial charge in [0.2, 0.25) is 0 Å². The number of rotatable bonds is 9. The van der Waals surface area contributed by atoms with Crippen molar-refractivity contribution in [3.05, 3.63) is 0 Å². The summed E-state index contributed by atoms with van der Waals surface area (Å²) in [5.74, 6) is -2.87. The van der Waals surface area contributed by atoms with E-state index in [9.17, 15) is 43.9 Å². The van der Waals surface area contributed by atoms with Crippen LogP contribution in [-0.2, 0) is 9.47 Å². The van der Waals surface area contributed by atoms with Crippen LogP contribution in [-0.4, -0.2) is 44.2 Å². The normalized spacial score (nSPS) is 18.1. The van der Waals surface area contributed by atoms with Crippen molar-refractivity contribution in [2.45, 2.75) is 44.3 Å². The molecule has 0 saturated heterocycles. The van der Waals surface area contributed by atoms with Crippen molar-refractivity contribution in [1.82, 2.24) is 0 Å². The molecule has 0 heterocycles. The van der Waals surface area contributed by atoms with Crippen LogP contribution in [0, 0.1) is 5.92 Å². The van der Waals surface area contributed by atoms with E-state index >= 15 is 0 Å². The average molecular weight is 354 g/mol. The molecule has 0 aromatic carbocycles. The van der Waals surface area contributed by atoms with E-state index in [2.05, 4.69) is 9.47 Å². The van der Waals surface area contributed by atoms with Crippen LogP contribution < -0.4 is 0 Å². The summed E-state index contributed by atoms with van der Waals surface area (Å²) in [5, 5.41) is 0. The lowest BCUT2D eigenvalue weighted by molar-refractivity contribution is -0.401. The van der Waals surface area contributed by atoms with Gasteiger partial charge in [-0.1, -0.05) is 0 Å². The number of alkyl halides is 10. The fourth-order valence-corrected chi connectivity index (χ4v) is 1.30. The molecule has 134 valence electrons. The predicted octanol–water partition coefficient (Wildman–Crippen LogP) is 4.40. The molecular weight excluding hydrogens is 342 g/mol. The highest BCUT2D eigenvalue weighted by Crippen LogP contribution is 2.38. The summed E-state index contributed by atoms with van der Waals surface area (Å²) in [6.45, 7) is -3.45. The molecule has 2 nitrogen and oxygen atoms in total. The van der Waals surface area contributed by atoms with Gasteiger partial charge in [-0.2, -0.15) is 17.6 Å². The van der Waals surface area contributed by atoms with Crippen molar-refractivity contribution in [3.8, 4) is 0 Å². The maximum atomic E-state index is 13.1. The Bertz CT molecular complexity index is 330. The van der Waals surface area contributed by atoms with Crippen molar-refractivity contribution >= 4 is 0 Å². The van der Waals surface area contributed by atoms with Gasteiger partial charge in [-0.3, -0.25) is 13.9 Å². The van der Waals surface area contributed by atoms with E-state index in [1.807, 2.05) is 0 Å². The summed E-state index contributed by atoms with van der Waals surface area (Å²) in [5.41, 5.74) is 0. The van der Waals surface area contributed by atoms with Crippen LogP contribution in [0.5, 0.6) is 0 Å². The van der Waals surface area contributed by atoms with E-state index in [4.69, 9.17) is 0 Å². The Hall–Kier alpha value is -0.780. The van der Waals surface area contributed by atoms with Gasteiger partial charge in [0.05, 0.1) is 13.0 Å². The van der Waals surface area contributed by atoms with Crippen molar-refractivity contribution < 1.29 is 53.4 Å². The molecule has 0 saturated carbocycles. The molecule has 0 fully saturated rings. The van der Waals surface area contributed by atoms with Crippen molar-refractivity contribution in [1.29, 1.82) is 0 Å². The van der Waals surface area contributed by atoms with Gasteiger partial charge in [-0.15, -0.1) is 13.2 Å². The monoisotopic (exact) mass is 354 g/mol. The van der Waals surface area contributed by atoms with Gasteiger partial charge in [0, 0.05) is 0 Å². The fourth-order valence-electron chi connectivity index (χ4n) is 1.30. The summed E-state index contributed by atoms with van der Waals surface area (Å²) in [6.07, 6.45) is -23.0. The van der Waals surface area contributed by atoms with Gasteiger partial charge in [-0.05, 0) is 6.92 Å². The van der Waals surface area contributed by atoms with Crippen LogP contribution in [0.3, 0.4) is 0 Å². The summed E-state index contributed by atoms with van der Waals surface area (Å²) in [4.78, 5) is 0. The van der Waals surface area contributed by atoms with E-state index < -0.39 is 56.5 Å². The maximum absolute atomic E-state index is 13.1. The van der Waals surface area contributed by atoms with Crippen LogP contribution in [0.25, 0.3) is 0 Å². The van der Waals surface area contributed by atoms with Crippen molar-refractivity contribution in [3.63, 3.8) is 0 Å². The topological polar surface area (TPSA) is 18.5 Å². The lowest BCUT2D eigenvalue weighted by Crippen LogP contribution is -2.44. The summed E-state index contributed by atoms with van der Waals surface area (Å²) in [6, 6.07) is 0.